The zero-order chi connectivity index (χ0) is 19.2. The molecular formula is C17H22F3IN4OS. The normalized spacial score (nSPS) is 11.7. The van der Waals surface area contributed by atoms with Gasteiger partial charge in [-0.1, -0.05) is 12.1 Å². The van der Waals surface area contributed by atoms with Gasteiger partial charge in [-0.2, -0.15) is 13.2 Å². The molecule has 27 heavy (non-hydrogen) atoms. The maximum Gasteiger partial charge on any atom is 0.422 e. The van der Waals surface area contributed by atoms with Crippen molar-refractivity contribution in [2.75, 3.05) is 13.7 Å². The SMILES string of the molecule is CN=C(NCc1ccc(OCC(F)(F)F)cc1)NCc1sc(C)nc1C.I. The Hall–Kier alpha value is -1.56. The van der Waals surface area contributed by atoms with Crippen LogP contribution in [0.3, 0.4) is 0 Å². The van der Waals surface area contributed by atoms with Gasteiger partial charge in [0.2, 0.25) is 0 Å². The third-order valence-electron chi connectivity index (χ3n) is 3.43. The van der Waals surface area contributed by atoms with E-state index in [1.165, 1.54) is 12.1 Å². The summed E-state index contributed by atoms with van der Waals surface area (Å²) in [6.45, 7) is 3.76. The number of halogens is 4. The maximum absolute atomic E-state index is 12.1. The number of aryl methyl sites for hydroxylation is 2. The molecule has 0 atom stereocenters. The summed E-state index contributed by atoms with van der Waals surface area (Å²) in [6, 6.07) is 6.45. The fourth-order valence-corrected chi connectivity index (χ4v) is 3.05. The highest BCUT2D eigenvalue weighted by atomic mass is 127. The Morgan fingerprint density at radius 1 is 1.15 bits per heavy atom. The summed E-state index contributed by atoms with van der Waals surface area (Å²) in [5, 5.41) is 7.40. The summed E-state index contributed by atoms with van der Waals surface area (Å²) in [5.41, 5.74) is 1.90. The molecule has 0 bridgehead atoms. The largest absolute Gasteiger partial charge is 0.484 e. The van der Waals surface area contributed by atoms with Crippen LogP contribution in [0.5, 0.6) is 5.75 Å². The predicted octanol–water partition coefficient (Wildman–Crippen LogP) is 4.18. The summed E-state index contributed by atoms with van der Waals surface area (Å²) in [5.74, 6) is 0.817. The van der Waals surface area contributed by atoms with Crippen molar-refractivity contribution in [1.82, 2.24) is 15.6 Å². The number of alkyl halides is 3. The molecule has 5 nitrogen and oxygen atoms in total. The minimum atomic E-state index is -4.34. The van der Waals surface area contributed by atoms with Gasteiger partial charge < -0.3 is 15.4 Å². The lowest BCUT2D eigenvalue weighted by molar-refractivity contribution is -0.153. The van der Waals surface area contributed by atoms with Gasteiger partial charge in [-0.15, -0.1) is 35.3 Å². The molecule has 0 fully saturated rings. The van der Waals surface area contributed by atoms with Crippen LogP contribution in [-0.2, 0) is 13.1 Å². The second-order valence-corrected chi connectivity index (χ2v) is 6.86. The van der Waals surface area contributed by atoms with Crippen molar-refractivity contribution in [2.45, 2.75) is 33.1 Å². The number of nitrogens with zero attached hydrogens (tertiary/aromatic N) is 2. The minimum Gasteiger partial charge on any atom is -0.484 e. The molecule has 10 heteroatoms. The van der Waals surface area contributed by atoms with Crippen molar-refractivity contribution in [3.8, 4) is 5.75 Å². The van der Waals surface area contributed by atoms with E-state index >= 15 is 0 Å². The highest BCUT2D eigenvalue weighted by molar-refractivity contribution is 14.0. The molecule has 1 aromatic heterocycles. The van der Waals surface area contributed by atoms with E-state index in [9.17, 15) is 13.2 Å². The van der Waals surface area contributed by atoms with Gasteiger partial charge in [-0.3, -0.25) is 4.99 Å². The number of hydrogen-bond donors (Lipinski definition) is 2. The van der Waals surface area contributed by atoms with Gasteiger partial charge in [0, 0.05) is 18.5 Å². The first kappa shape index (κ1) is 23.5. The van der Waals surface area contributed by atoms with Gasteiger partial charge in [0.05, 0.1) is 17.2 Å². The average molecular weight is 514 g/mol. The maximum atomic E-state index is 12.1. The van der Waals surface area contributed by atoms with Crippen molar-refractivity contribution in [2.24, 2.45) is 4.99 Å². The smallest absolute Gasteiger partial charge is 0.422 e. The van der Waals surface area contributed by atoms with Gasteiger partial charge >= 0.3 is 6.18 Å². The predicted molar refractivity (Wildman–Crippen MR) is 112 cm³/mol. The number of nitrogens with one attached hydrogen (secondary N) is 2. The lowest BCUT2D eigenvalue weighted by Gasteiger charge is -2.12. The fourth-order valence-electron chi connectivity index (χ4n) is 2.18. The first-order chi connectivity index (χ1) is 12.3. The molecule has 2 rings (SSSR count). The number of aromatic nitrogens is 1. The topological polar surface area (TPSA) is 58.5 Å². The molecule has 1 heterocycles. The first-order valence-electron chi connectivity index (χ1n) is 7.93. The second-order valence-electron chi connectivity index (χ2n) is 5.57. The van der Waals surface area contributed by atoms with Crippen LogP contribution in [0.15, 0.2) is 29.3 Å². The minimum absolute atomic E-state index is 0. The molecule has 0 unspecified atom stereocenters. The lowest BCUT2D eigenvalue weighted by Crippen LogP contribution is -2.36. The van der Waals surface area contributed by atoms with E-state index in [4.69, 9.17) is 0 Å². The average Bonchev–Trinajstić information content (AvgIpc) is 2.91. The van der Waals surface area contributed by atoms with E-state index in [0.29, 0.717) is 19.0 Å². The van der Waals surface area contributed by atoms with Crippen LogP contribution in [0.25, 0.3) is 0 Å². The molecule has 0 aliphatic carbocycles. The summed E-state index contributed by atoms with van der Waals surface area (Å²) >= 11 is 1.64. The van der Waals surface area contributed by atoms with Crippen molar-refractivity contribution in [1.29, 1.82) is 0 Å². The molecule has 1 aromatic carbocycles. The molecule has 0 amide bonds. The van der Waals surface area contributed by atoms with Crippen LogP contribution in [-0.4, -0.2) is 30.8 Å². The Balaban J connectivity index is 0.00000364. The molecule has 0 radical (unpaired) electrons. The molecule has 150 valence electrons. The van der Waals surface area contributed by atoms with E-state index < -0.39 is 12.8 Å². The third-order valence-corrected chi connectivity index (χ3v) is 4.50. The monoisotopic (exact) mass is 514 g/mol. The number of guanidine groups is 1. The van der Waals surface area contributed by atoms with Gasteiger partial charge in [-0.05, 0) is 31.5 Å². The van der Waals surface area contributed by atoms with Crippen LogP contribution in [0.2, 0.25) is 0 Å². The van der Waals surface area contributed by atoms with Crippen molar-refractivity contribution < 1.29 is 17.9 Å². The van der Waals surface area contributed by atoms with Crippen LogP contribution in [0.4, 0.5) is 13.2 Å². The number of rotatable bonds is 6. The molecule has 0 aliphatic rings. The van der Waals surface area contributed by atoms with E-state index in [-0.39, 0.29) is 29.7 Å². The number of benzene rings is 1. The third kappa shape index (κ3) is 8.33. The molecular weight excluding hydrogens is 492 g/mol. The Morgan fingerprint density at radius 2 is 1.78 bits per heavy atom. The van der Waals surface area contributed by atoms with E-state index in [1.54, 1.807) is 30.5 Å². The molecule has 0 saturated heterocycles. The molecule has 0 aliphatic heterocycles. The standard InChI is InChI=1S/C17H21F3N4OS.HI/c1-11-15(26-12(2)24-11)9-23-16(21-3)22-8-13-4-6-14(7-5-13)25-10-17(18,19)20;/h4-7H,8-10H2,1-3H3,(H2,21,22,23);1H. The van der Waals surface area contributed by atoms with Gasteiger partial charge in [0.15, 0.2) is 12.6 Å². The van der Waals surface area contributed by atoms with Crippen molar-refractivity contribution >= 4 is 41.3 Å². The van der Waals surface area contributed by atoms with Gasteiger partial charge in [0.25, 0.3) is 0 Å². The Bertz CT molecular complexity index is 748. The quantitative estimate of drug-likeness (QED) is 0.345. The van der Waals surface area contributed by atoms with E-state index in [0.717, 1.165) is 21.1 Å². The number of aliphatic imine (C=N–C) groups is 1. The molecule has 0 saturated carbocycles. The number of thiazole rings is 1. The van der Waals surface area contributed by atoms with Crippen molar-refractivity contribution in [3.05, 3.63) is 45.4 Å². The van der Waals surface area contributed by atoms with Crippen LogP contribution < -0.4 is 15.4 Å². The molecule has 0 spiro atoms. The zero-order valence-corrected chi connectivity index (χ0v) is 18.3. The highest BCUT2D eigenvalue weighted by Crippen LogP contribution is 2.19. The van der Waals surface area contributed by atoms with Crippen LogP contribution in [0, 0.1) is 13.8 Å². The van der Waals surface area contributed by atoms with E-state index in [2.05, 4.69) is 25.3 Å². The summed E-state index contributed by atoms with van der Waals surface area (Å²) < 4.78 is 41.1. The fraction of sp³-hybridized carbons (Fsp3) is 0.412. The van der Waals surface area contributed by atoms with E-state index in [1.807, 2.05) is 13.8 Å². The molecule has 2 aromatic rings. The summed E-state index contributed by atoms with van der Waals surface area (Å²) in [4.78, 5) is 9.69. The highest BCUT2D eigenvalue weighted by Gasteiger charge is 2.28. The summed E-state index contributed by atoms with van der Waals surface area (Å²) in [6.07, 6.45) is -4.34. The van der Waals surface area contributed by atoms with Crippen LogP contribution >= 0.6 is 35.3 Å². The molecule has 2 N–H and O–H groups in total. The second kappa shape index (κ2) is 10.7. The Morgan fingerprint density at radius 3 is 2.30 bits per heavy atom. The Kier molecular flexibility index (Phi) is 9.30. The Labute approximate surface area is 177 Å². The first-order valence-corrected chi connectivity index (χ1v) is 8.74. The van der Waals surface area contributed by atoms with Gasteiger partial charge in [0.1, 0.15) is 5.75 Å². The van der Waals surface area contributed by atoms with Gasteiger partial charge in [-0.25, -0.2) is 4.98 Å². The number of ether oxygens (including phenoxy) is 1. The summed E-state index contributed by atoms with van der Waals surface area (Å²) in [7, 11) is 1.67. The van der Waals surface area contributed by atoms with Crippen molar-refractivity contribution in [3.63, 3.8) is 0 Å². The lowest BCUT2D eigenvalue weighted by atomic mass is 10.2. The number of hydrogen-bond acceptors (Lipinski definition) is 4. The van der Waals surface area contributed by atoms with Crippen LogP contribution in [0.1, 0.15) is 21.1 Å². The zero-order valence-electron chi connectivity index (χ0n) is 15.2.